The predicted molar refractivity (Wildman–Crippen MR) is 73.6 cm³/mol. The molecule has 0 saturated heterocycles. The van der Waals surface area contributed by atoms with Gasteiger partial charge in [0.1, 0.15) is 17.7 Å². The average molecular weight is 320 g/mol. The highest BCUT2D eigenvalue weighted by Gasteiger charge is 2.07. The van der Waals surface area contributed by atoms with Crippen LogP contribution in [0.2, 0.25) is 0 Å². The van der Waals surface area contributed by atoms with E-state index in [1.165, 1.54) is 12.1 Å². The number of nitrogens with one attached hydrogen (secondary N) is 1. The van der Waals surface area contributed by atoms with Crippen molar-refractivity contribution in [2.45, 2.75) is 19.4 Å². The molecule has 0 spiro atoms. The first-order valence-corrected chi connectivity index (χ1v) is 6.74. The molecular weight excluding hydrogens is 301 g/mol. The Labute approximate surface area is 116 Å². The van der Waals surface area contributed by atoms with Crippen LogP contribution < -0.4 is 10.1 Å². The average Bonchev–Trinajstić information content (AvgIpc) is 2.32. The van der Waals surface area contributed by atoms with Crippen molar-refractivity contribution < 1.29 is 13.9 Å². The van der Waals surface area contributed by atoms with Crippen molar-refractivity contribution >= 4 is 15.9 Å². The Bertz CT molecular complexity index is 363. The molecule has 1 N–H and O–H groups in total. The van der Waals surface area contributed by atoms with Crippen LogP contribution in [0.25, 0.3) is 0 Å². The third-order valence-corrected chi connectivity index (χ3v) is 2.98. The fourth-order valence-electron chi connectivity index (χ4n) is 1.48. The quantitative estimate of drug-likeness (QED) is 0.747. The van der Waals surface area contributed by atoms with E-state index in [4.69, 9.17) is 9.47 Å². The van der Waals surface area contributed by atoms with Gasteiger partial charge in [0, 0.05) is 20.3 Å². The summed E-state index contributed by atoms with van der Waals surface area (Å²) >= 11 is 3.28. The minimum atomic E-state index is -0.278. The Morgan fingerprint density at radius 2 is 2.22 bits per heavy atom. The number of hydrogen-bond acceptors (Lipinski definition) is 3. The molecule has 3 nitrogen and oxygen atoms in total. The number of rotatable bonds is 8. The Hall–Kier alpha value is -0.650. The predicted octanol–water partition coefficient (Wildman–Crippen LogP) is 2.98. The van der Waals surface area contributed by atoms with Crippen molar-refractivity contribution in [1.29, 1.82) is 0 Å². The Balaban J connectivity index is 2.28. The normalized spacial score (nSPS) is 12.4. The topological polar surface area (TPSA) is 30.5 Å². The standard InChI is InChI=1S/C13H19BrFNO2/c1-10(9-16-6-3-7-17-2)18-13-5-4-11(15)8-12(13)14/h4-5,8,10,16H,3,6-7,9H2,1-2H3. The number of methoxy groups -OCH3 is 1. The number of benzene rings is 1. The van der Waals surface area contributed by atoms with Crippen LogP contribution in [0.3, 0.4) is 0 Å². The molecular formula is C13H19BrFNO2. The third-order valence-electron chi connectivity index (χ3n) is 2.36. The molecule has 0 aliphatic carbocycles. The van der Waals surface area contributed by atoms with Gasteiger partial charge in [-0.05, 0) is 54.0 Å². The number of halogens is 2. The van der Waals surface area contributed by atoms with E-state index in [1.54, 1.807) is 13.2 Å². The van der Waals surface area contributed by atoms with E-state index in [2.05, 4.69) is 21.2 Å². The van der Waals surface area contributed by atoms with Crippen LogP contribution >= 0.6 is 15.9 Å². The van der Waals surface area contributed by atoms with E-state index in [0.29, 0.717) is 10.2 Å². The zero-order chi connectivity index (χ0) is 13.4. The molecule has 0 radical (unpaired) electrons. The fourth-order valence-corrected chi connectivity index (χ4v) is 1.92. The van der Waals surface area contributed by atoms with Gasteiger partial charge in [0.05, 0.1) is 4.47 Å². The zero-order valence-corrected chi connectivity index (χ0v) is 12.3. The van der Waals surface area contributed by atoms with E-state index in [0.717, 1.165) is 26.1 Å². The second-order valence-electron chi connectivity index (χ2n) is 4.05. The molecule has 0 bridgehead atoms. The fraction of sp³-hybridized carbons (Fsp3) is 0.538. The lowest BCUT2D eigenvalue weighted by atomic mass is 10.3. The minimum Gasteiger partial charge on any atom is -0.488 e. The van der Waals surface area contributed by atoms with Crippen LogP contribution in [0.4, 0.5) is 4.39 Å². The molecule has 0 aromatic heterocycles. The highest BCUT2D eigenvalue weighted by Crippen LogP contribution is 2.26. The summed E-state index contributed by atoms with van der Waals surface area (Å²) in [5, 5.41) is 3.28. The van der Waals surface area contributed by atoms with Crippen molar-refractivity contribution in [3.63, 3.8) is 0 Å². The molecule has 1 aromatic rings. The molecule has 1 atom stereocenters. The van der Waals surface area contributed by atoms with Gasteiger partial charge in [-0.1, -0.05) is 0 Å². The first-order chi connectivity index (χ1) is 8.63. The molecule has 5 heteroatoms. The van der Waals surface area contributed by atoms with E-state index in [-0.39, 0.29) is 11.9 Å². The first-order valence-electron chi connectivity index (χ1n) is 5.95. The molecule has 1 unspecified atom stereocenters. The van der Waals surface area contributed by atoms with Crippen LogP contribution in [-0.2, 0) is 4.74 Å². The van der Waals surface area contributed by atoms with Crippen molar-refractivity contribution in [3.05, 3.63) is 28.5 Å². The van der Waals surface area contributed by atoms with Gasteiger partial charge in [0.2, 0.25) is 0 Å². The molecule has 0 aliphatic rings. The summed E-state index contributed by atoms with van der Waals surface area (Å²) in [6.07, 6.45) is 0.998. The van der Waals surface area contributed by atoms with Crippen molar-refractivity contribution in [1.82, 2.24) is 5.32 Å². The summed E-state index contributed by atoms with van der Waals surface area (Å²) in [4.78, 5) is 0. The molecule has 0 heterocycles. The lowest BCUT2D eigenvalue weighted by molar-refractivity contribution is 0.188. The summed E-state index contributed by atoms with van der Waals surface area (Å²) in [6, 6.07) is 4.41. The van der Waals surface area contributed by atoms with Gasteiger partial charge in [-0.2, -0.15) is 0 Å². The molecule has 0 fully saturated rings. The van der Waals surface area contributed by atoms with Crippen molar-refractivity contribution in [2.24, 2.45) is 0 Å². The van der Waals surface area contributed by atoms with Crippen LogP contribution in [0.15, 0.2) is 22.7 Å². The van der Waals surface area contributed by atoms with Crippen molar-refractivity contribution in [3.8, 4) is 5.75 Å². The van der Waals surface area contributed by atoms with E-state index in [9.17, 15) is 4.39 Å². The smallest absolute Gasteiger partial charge is 0.134 e. The van der Waals surface area contributed by atoms with Gasteiger partial charge in [-0.25, -0.2) is 4.39 Å². The summed E-state index contributed by atoms with van der Waals surface area (Å²) < 4.78 is 24.2. The number of ether oxygens (including phenoxy) is 2. The van der Waals surface area contributed by atoms with Gasteiger partial charge in [0.25, 0.3) is 0 Å². The highest BCUT2D eigenvalue weighted by atomic mass is 79.9. The second kappa shape index (κ2) is 8.45. The van der Waals surface area contributed by atoms with Gasteiger partial charge in [0.15, 0.2) is 0 Å². The maximum Gasteiger partial charge on any atom is 0.134 e. The lowest BCUT2D eigenvalue weighted by Gasteiger charge is -2.16. The van der Waals surface area contributed by atoms with Gasteiger partial charge < -0.3 is 14.8 Å². The molecule has 1 rings (SSSR count). The minimum absolute atomic E-state index is 0.0225. The SMILES string of the molecule is COCCCNCC(C)Oc1ccc(F)cc1Br. The zero-order valence-electron chi connectivity index (χ0n) is 10.7. The Kier molecular flexibility index (Phi) is 7.23. The van der Waals surface area contributed by atoms with Crippen LogP contribution in [0.5, 0.6) is 5.75 Å². The molecule has 102 valence electrons. The number of hydrogen-bond donors (Lipinski definition) is 1. The summed E-state index contributed by atoms with van der Waals surface area (Å²) in [5.41, 5.74) is 0. The summed E-state index contributed by atoms with van der Waals surface area (Å²) in [5.74, 6) is 0.377. The van der Waals surface area contributed by atoms with Gasteiger partial charge in [-0.15, -0.1) is 0 Å². The molecule has 1 aromatic carbocycles. The molecule has 0 saturated carbocycles. The van der Waals surface area contributed by atoms with Crippen molar-refractivity contribution in [2.75, 3.05) is 26.8 Å². The van der Waals surface area contributed by atoms with Crippen LogP contribution in [-0.4, -0.2) is 32.9 Å². The van der Waals surface area contributed by atoms with E-state index >= 15 is 0 Å². The monoisotopic (exact) mass is 319 g/mol. The Morgan fingerprint density at radius 3 is 2.89 bits per heavy atom. The van der Waals surface area contributed by atoms with E-state index in [1.807, 2.05) is 6.92 Å². The van der Waals surface area contributed by atoms with E-state index < -0.39 is 0 Å². The lowest BCUT2D eigenvalue weighted by Crippen LogP contribution is -2.30. The van der Waals surface area contributed by atoms with Gasteiger partial charge >= 0.3 is 0 Å². The molecule has 0 amide bonds. The third kappa shape index (κ3) is 5.80. The molecule has 18 heavy (non-hydrogen) atoms. The highest BCUT2D eigenvalue weighted by molar-refractivity contribution is 9.10. The largest absolute Gasteiger partial charge is 0.488 e. The first kappa shape index (κ1) is 15.4. The maximum absolute atomic E-state index is 12.9. The summed E-state index contributed by atoms with van der Waals surface area (Å²) in [7, 11) is 1.69. The maximum atomic E-state index is 12.9. The molecule has 0 aliphatic heterocycles. The van der Waals surface area contributed by atoms with Crippen LogP contribution in [0, 0.1) is 5.82 Å². The summed E-state index contributed by atoms with van der Waals surface area (Å²) in [6.45, 7) is 4.37. The van der Waals surface area contributed by atoms with Gasteiger partial charge in [-0.3, -0.25) is 0 Å². The van der Waals surface area contributed by atoms with Crippen LogP contribution in [0.1, 0.15) is 13.3 Å². The Morgan fingerprint density at radius 1 is 1.44 bits per heavy atom. The second-order valence-corrected chi connectivity index (χ2v) is 4.91.